The lowest BCUT2D eigenvalue weighted by molar-refractivity contribution is -0.137. The summed E-state index contributed by atoms with van der Waals surface area (Å²) in [4.78, 5) is 25.9. The molecule has 1 amide bonds. The zero-order valence-electron chi connectivity index (χ0n) is 18.0. The number of hydrogen-bond acceptors (Lipinski definition) is 9. The minimum atomic E-state index is -1.39. The molecule has 1 saturated heterocycles. The van der Waals surface area contributed by atoms with E-state index in [-0.39, 0.29) is 0 Å². The fraction of sp³-hybridized carbons (Fsp3) is 0.526. The topological polar surface area (TPSA) is 152 Å². The summed E-state index contributed by atoms with van der Waals surface area (Å²) in [5.41, 5.74) is 3.33. The Morgan fingerprint density at radius 1 is 1.26 bits per heavy atom. The number of fused-ring (bicyclic) bond motifs is 1. The van der Waals surface area contributed by atoms with Crippen LogP contribution in [0.4, 0.5) is 5.82 Å². The lowest BCUT2D eigenvalue weighted by Gasteiger charge is -2.17. The van der Waals surface area contributed by atoms with Crippen molar-refractivity contribution in [1.82, 2.24) is 34.6 Å². The van der Waals surface area contributed by atoms with Gasteiger partial charge in [0, 0.05) is 26.3 Å². The second-order valence-electron chi connectivity index (χ2n) is 7.46. The lowest BCUT2D eigenvalue weighted by atomic mass is 10.1. The summed E-state index contributed by atoms with van der Waals surface area (Å²) in [6.45, 7) is 5.95. The molecule has 31 heavy (non-hydrogen) atoms. The van der Waals surface area contributed by atoms with Crippen LogP contribution in [-0.4, -0.2) is 77.3 Å². The summed E-state index contributed by atoms with van der Waals surface area (Å²) >= 11 is 0. The summed E-state index contributed by atoms with van der Waals surface area (Å²) < 4.78 is 9.00. The number of carbonyl (C=O) groups is 1. The molecule has 12 nitrogen and oxygen atoms in total. The highest BCUT2D eigenvalue weighted by Gasteiger charge is 2.47. The van der Waals surface area contributed by atoms with E-state index >= 15 is 0 Å². The van der Waals surface area contributed by atoms with Gasteiger partial charge < -0.3 is 25.6 Å². The number of aliphatic hydroxyl groups is 2. The quantitative estimate of drug-likeness (QED) is 0.425. The van der Waals surface area contributed by atoms with Crippen LogP contribution in [0.3, 0.4) is 0 Å². The Balaban J connectivity index is 1.82. The van der Waals surface area contributed by atoms with Crippen molar-refractivity contribution in [3.8, 4) is 11.4 Å². The predicted octanol–water partition coefficient (Wildman–Crippen LogP) is -0.359. The molecule has 0 radical (unpaired) electrons. The molecule has 3 aromatic rings. The van der Waals surface area contributed by atoms with Gasteiger partial charge in [0.25, 0.3) is 5.91 Å². The molecule has 1 fully saturated rings. The van der Waals surface area contributed by atoms with Gasteiger partial charge in [0.2, 0.25) is 0 Å². The van der Waals surface area contributed by atoms with Crippen LogP contribution >= 0.6 is 0 Å². The fourth-order valence-electron chi connectivity index (χ4n) is 3.87. The highest BCUT2D eigenvalue weighted by atomic mass is 16.6. The summed E-state index contributed by atoms with van der Waals surface area (Å²) in [6.07, 6.45) is -3.53. The first-order valence-corrected chi connectivity index (χ1v) is 10.0. The molecule has 1 aliphatic heterocycles. The molecule has 166 valence electrons. The van der Waals surface area contributed by atoms with E-state index < -0.39 is 30.4 Å². The van der Waals surface area contributed by atoms with Gasteiger partial charge in [-0.3, -0.25) is 14.0 Å². The number of hydrogen-bond donors (Lipinski definition) is 4. The first-order chi connectivity index (χ1) is 14.8. The Kier molecular flexibility index (Phi) is 5.37. The van der Waals surface area contributed by atoms with Gasteiger partial charge in [-0.15, -0.1) is 0 Å². The third-order valence-electron chi connectivity index (χ3n) is 5.51. The minimum absolute atomic E-state index is 0.381. The van der Waals surface area contributed by atoms with Gasteiger partial charge in [0.05, 0.1) is 17.6 Å². The van der Waals surface area contributed by atoms with Crippen LogP contribution < -0.4 is 10.6 Å². The average molecular weight is 430 g/mol. The van der Waals surface area contributed by atoms with Crippen LogP contribution in [0.15, 0.2) is 6.33 Å². The predicted molar refractivity (Wildman–Crippen MR) is 111 cm³/mol. The number of anilines is 1. The van der Waals surface area contributed by atoms with Crippen molar-refractivity contribution in [3.63, 3.8) is 0 Å². The number of aromatic nitrogens is 6. The van der Waals surface area contributed by atoms with E-state index in [1.165, 1.54) is 10.9 Å². The number of likely N-dealkylation sites (N-methyl/N-ethyl adjacent to an activating group) is 1. The molecular formula is C19H26N8O4. The van der Waals surface area contributed by atoms with E-state index in [0.717, 1.165) is 17.0 Å². The number of aliphatic hydroxyl groups excluding tert-OH is 2. The van der Waals surface area contributed by atoms with Crippen molar-refractivity contribution in [2.24, 2.45) is 7.05 Å². The number of rotatable bonds is 5. The van der Waals surface area contributed by atoms with E-state index in [0.29, 0.717) is 29.4 Å². The van der Waals surface area contributed by atoms with Gasteiger partial charge in [0.1, 0.15) is 12.2 Å². The van der Waals surface area contributed by atoms with E-state index in [4.69, 9.17) is 4.74 Å². The maximum Gasteiger partial charge on any atom is 0.252 e. The van der Waals surface area contributed by atoms with Crippen LogP contribution in [0, 0.1) is 13.8 Å². The molecule has 12 heteroatoms. The molecule has 3 unspecified atom stereocenters. The zero-order valence-corrected chi connectivity index (χ0v) is 18.0. The number of imidazole rings is 1. The van der Waals surface area contributed by atoms with Crippen molar-refractivity contribution < 1.29 is 19.7 Å². The van der Waals surface area contributed by atoms with Crippen LogP contribution in [0.1, 0.15) is 24.5 Å². The first-order valence-electron chi connectivity index (χ1n) is 10.0. The Labute approximate surface area is 178 Å². The Bertz CT molecular complexity index is 1140. The van der Waals surface area contributed by atoms with Gasteiger partial charge in [-0.2, -0.15) is 5.10 Å². The Hall–Kier alpha value is -3.09. The molecule has 0 saturated carbocycles. The monoisotopic (exact) mass is 430 g/mol. The molecular weight excluding hydrogens is 404 g/mol. The molecule has 0 spiro atoms. The Morgan fingerprint density at radius 2 is 2.00 bits per heavy atom. The van der Waals surface area contributed by atoms with Crippen LogP contribution in [0.2, 0.25) is 0 Å². The highest BCUT2D eigenvalue weighted by Crippen LogP contribution is 2.34. The van der Waals surface area contributed by atoms with Crippen LogP contribution in [-0.2, 0) is 16.6 Å². The SMILES string of the molecule is CCNC(=O)[C@@H]1OC(n2cnc3c(NC)nc(-c4c(C)nn(C)c4C)nc32)C(O)C1O. The largest absolute Gasteiger partial charge is 0.387 e. The average Bonchev–Trinajstić information content (AvgIpc) is 3.36. The van der Waals surface area contributed by atoms with Crippen molar-refractivity contribution >= 4 is 22.9 Å². The summed E-state index contributed by atoms with van der Waals surface area (Å²) in [7, 11) is 3.57. The zero-order chi connectivity index (χ0) is 22.4. The summed E-state index contributed by atoms with van der Waals surface area (Å²) in [6, 6.07) is 0. The summed E-state index contributed by atoms with van der Waals surface area (Å²) in [5, 5.41) is 31.0. The number of carbonyl (C=O) groups excluding carboxylic acids is 1. The molecule has 0 aromatic carbocycles. The highest BCUT2D eigenvalue weighted by molar-refractivity contribution is 5.86. The number of nitrogens with zero attached hydrogens (tertiary/aromatic N) is 6. The maximum atomic E-state index is 12.2. The number of ether oxygens (including phenoxy) is 1. The van der Waals surface area contributed by atoms with E-state index in [2.05, 4.69) is 30.7 Å². The molecule has 4 N–H and O–H groups in total. The third kappa shape index (κ3) is 3.32. The third-order valence-corrected chi connectivity index (χ3v) is 5.51. The normalized spacial score (nSPS) is 23.5. The molecule has 3 aromatic heterocycles. The van der Waals surface area contributed by atoms with Crippen molar-refractivity contribution in [3.05, 3.63) is 17.7 Å². The van der Waals surface area contributed by atoms with Gasteiger partial charge in [-0.1, -0.05) is 0 Å². The molecule has 0 aliphatic carbocycles. The second kappa shape index (κ2) is 7.87. The molecule has 4 atom stereocenters. The van der Waals surface area contributed by atoms with Crippen LogP contribution in [0.5, 0.6) is 0 Å². The molecule has 0 bridgehead atoms. The van der Waals surface area contributed by atoms with Crippen molar-refractivity contribution in [2.45, 2.75) is 45.3 Å². The second-order valence-corrected chi connectivity index (χ2v) is 7.46. The standard InChI is InChI=1S/C19H26N8O4/c1-6-21-18(30)14-12(28)13(29)19(31-14)27-7-22-11-16(20-4)23-15(24-17(11)27)10-8(2)25-26(5)9(10)3/h7,12-14,19,28-29H,6H2,1-5H3,(H,21,30)(H,20,23,24)/t12?,13?,14-,19?/m1/s1. The molecule has 1 aliphatic rings. The fourth-order valence-corrected chi connectivity index (χ4v) is 3.87. The van der Waals surface area contributed by atoms with E-state index in [1.54, 1.807) is 18.7 Å². The van der Waals surface area contributed by atoms with Gasteiger partial charge in [-0.05, 0) is 20.8 Å². The van der Waals surface area contributed by atoms with E-state index in [9.17, 15) is 15.0 Å². The number of aryl methyl sites for hydroxylation is 2. The summed E-state index contributed by atoms with van der Waals surface area (Å²) in [5.74, 6) is 0.443. The first kappa shape index (κ1) is 21.2. The van der Waals surface area contributed by atoms with Gasteiger partial charge >= 0.3 is 0 Å². The van der Waals surface area contributed by atoms with E-state index in [1.807, 2.05) is 20.9 Å². The molecule has 4 heterocycles. The van der Waals surface area contributed by atoms with Gasteiger partial charge in [-0.25, -0.2) is 15.0 Å². The van der Waals surface area contributed by atoms with Gasteiger partial charge in [0.15, 0.2) is 35.1 Å². The Morgan fingerprint density at radius 3 is 2.61 bits per heavy atom. The minimum Gasteiger partial charge on any atom is -0.387 e. The lowest BCUT2D eigenvalue weighted by Crippen LogP contribution is -2.42. The number of nitrogens with one attached hydrogen (secondary N) is 2. The maximum absolute atomic E-state index is 12.2. The molecule has 4 rings (SSSR count). The van der Waals surface area contributed by atoms with Crippen molar-refractivity contribution in [2.75, 3.05) is 18.9 Å². The van der Waals surface area contributed by atoms with Crippen molar-refractivity contribution in [1.29, 1.82) is 0 Å². The smallest absolute Gasteiger partial charge is 0.252 e. The van der Waals surface area contributed by atoms with Crippen LogP contribution in [0.25, 0.3) is 22.6 Å². The number of amides is 1.